The van der Waals surface area contributed by atoms with Crippen LogP contribution in [0.5, 0.6) is 17.2 Å². The standard InChI is InChI=1S/C27H39NO4/c1-26(2,3)20-16-18(17-21(24(20)29)27(4,5)6)23(28-12-14-32-15-13-28)19-10-9-11-22(30-7)25(19)31-8/h9-11,16-17,23,29H,12-15H2,1-8H3/t23-/m0/s1. The van der Waals surface area contributed by atoms with Crippen LogP contribution in [0.3, 0.4) is 0 Å². The molecule has 1 aliphatic rings. The summed E-state index contributed by atoms with van der Waals surface area (Å²) >= 11 is 0. The van der Waals surface area contributed by atoms with Gasteiger partial charge in [-0.25, -0.2) is 0 Å². The second kappa shape index (κ2) is 9.32. The minimum atomic E-state index is -0.200. The second-order valence-electron chi connectivity index (χ2n) is 10.6. The Hall–Kier alpha value is -2.24. The zero-order valence-electron chi connectivity index (χ0n) is 20.9. The predicted molar refractivity (Wildman–Crippen MR) is 129 cm³/mol. The Kier molecular flexibility index (Phi) is 7.11. The highest BCUT2D eigenvalue weighted by Gasteiger charge is 2.33. The summed E-state index contributed by atoms with van der Waals surface area (Å²) in [5, 5.41) is 11.3. The molecule has 1 fully saturated rings. The van der Waals surface area contributed by atoms with E-state index in [1.54, 1.807) is 14.2 Å². The number of morpholine rings is 1. The highest BCUT2D eigenvalue weighted by Crippen LogP contribution is 2.45. The highest BCUT2D eigenvalue weighted by molar-refractivity contribution is 5.55. The van der Waals surface area contributed by atoms with Crippen molar-refractivity contribution in [2.75, 3.05) is 40.5 Å². The van der Waals surface area contributed by atoms with Crippen molar-refractivity contribution in [1.82, 2.24) is 4.90 Å². The quantitative estimate of drug-likeness (QED) is 0.671. The summed E-state index contributed by atoms with van der Waals surface area (Å²) in [5.74, 6) is 1.86. The molecule has 0 amide bonds. The fraction of sp³-hybridized carbons (Fsp3) is 0.556. The van der Waals surface area contributed by atoms with Crippen LogP contribution in [-0.2, 0) is 15.6 Å². The molecule has 0 aromatic heterocycles. The molecule has 0 radical (unpaired) electrons. The van der Waals surface area contributed by atoms with Crippen LogP contribution < -0.4 is 9.47 Å². The first-order valence-electron chi connectivity index (χ1n) is 11.4. The molecule has 0 spiro atoms. The minimum Gasteiger partial charge on any atom is -0.507 e. The van der Waals surface area contributed by atoms with Crippen molar-refractivity contribution in [3.63, 3.8) is 0 Å². The van der Waals surface area contributed by atoms with Crippen LogP contribution in [0.4, 0.5) is 0 Å². The van der Waals surface area contributed by atoms with Crippen LogP contribution >= 0.6 is 0 Å². The monoisotopic (exact) mass is 441 g/mol. The lowest BCUT2D eigenvalue weighted by Gasteiger charge is -2.37. The van der Waals surface area contributed by atoms with Gasteiger partial charge in [-0.1, -0.05) is 53.7 Å². The lowest BCUT2D eigenvalue weighted by Crippen LogP contribution is -2.40. The van der Waals surface area contributed by atoms with Gasteiger partial charge in [0.25, 0.3) is 0 Å². The van der Waals surface area contributed by atoms with Crippen LogP contribution in [0.2, 0.25) is 0 Å². The summed E-state index contributed by atoms with van der Waals surface area (Å²) in [5.41, 5.74) is 3.72. The number of nitrogens with zero attached hydrogens (tertiary/aromatic N) is 1. The summed E-state index contributed by atoms with van der Waals surface area (Å²) < 4.78 is 17.1. The van der Waals surface area contributed by atoms with Gasteiger partial charge in [0.1, 0.15) is 5.75 Å². The lowest BCUT2D eigenvalue weighted by molar-refractivity contribution is 0.0234. The zero-order chi connectivity index (χ0) is 23.7. The summed E-state index contributed by atoms with van der Waals surface area (Å²) in [6, 6.07) is 10.3. The van der Waals surface area contributed by atoms with Crippen LogP contribution in [-0.4, -0.2) is 50.5 Å². The Morgan fingerprint density at radius 2 is 1.47 bits per heavy atom. The Bertz CT molecular complexity index is 899. The molecular weight excluding hydrogens is 402 g/mol. The fourth-order valence-corrected chi connectivity index (χ4v) is 4.51. The molecule has 1 aliphatic heterocycles. The number of aromatic hydroxyl groups is 1. The largest absolute Gasteiger partial charge is 0.507 e. The summed E-state index contributed by atoms with van der Waals surface area (Å²) in [7, 11) is 3.36. The third kappa shape index (κ3) is 4.89. The van der Waals surface area contributed by atoms with Gasteiger partial charge < -0.3 is 19.3 Å². The van der Waals surface area contributed by atoms with Crippen molar-refractivity contribution in [3.8, 4) is 17.2 Å². The maximum Gasteiger partial charge on any atom is 0.165 e. The number of para-hydroxylation sites is 1. The number of methoxy groups -OCH3 is 2. The average molecular weight is 442 g/mol. The number of ether oxygens (including phenoxy) is 3. The number of rotatable bonds is 5. The van der Waals surface area contributed by atoms with Gasteiger partial charge >= 0.3 is 0 Å². The number of hydrogen-bond donors (Lipinski definition) is 1. The van der Waals surface area contributed by atoms with E-state index in [1.165, 1.54) is 0 Å². The van der Waals surface area contributed by atoms with Crippen molar-refractivity contribution in [2.24, 2.45) is 0 Å². The average Bonchev–Trinajstić information content (AvgIpc) is 2.73. The maximum absolute atomic E-state index is 11.3. The number of phenols is 1. The Morgan fingerprint density at radius 1 is 0.906 bits per heavy atom. The van der Waals surface area contributed by atoms with Crippen molar-refractivity contribution in [3.05, 3.63) is 52.6 Å². The first kappa shape index (κ1) is 24.4. The van der Waals surface area contributed by atoms with E-state index < -0.39 is 0 Å². The molecular formula is C27H39NO4. The van der Waals surface area contributed by atoms with E-state index in [2.05, 4.69) is 64.6 Å². The molecule has 1 saturated heterocycles. The molecule has 1 N–H and O–H groups in total. The van der Waals surface area contributed by atoms with E-state index in [0.717, 1.165) is 41.1 Å². The van der Waals surface area contributed by atoms with E-state index in [9.17, 15) is 5.11 Å². The normalized spacial score (nSPS) is 16.6. The molecule has 3 rings (SSSR count). The Balaban J connectivity index is 2.31. The van der Waals surface area contributed by atoms with Crippen LogP contribution in [0, 0.1) is 0 Å². The lowest BCUT2D eigenvalue weighted by atomic mass is 9.77. The van der Waals surface area contributed by atoms with Crippen LogP contribution in [0.25, 0.3) is 0 Å². The minimum absolute atomic E-state index is 0.0493. The van der Waals surface area contributed by atoms with E-state index in [-0.39, 0.29) is 16.9 Å². The van der Waals surface area contributed by atoms with Gasteiger partial charge in [0.05, 0.1) is 33.5 Å². The van der Waals surface area contributed by atoms with Crippen LogP contribution in [0.1, 0.15) is 69.8 Å². The second-order valence-corrected chi connectivity index (χ2v) is 10.6. The smallest absolute Gasteiger partial charge is 0.165 e. The summed E-state index contributed by atoms with van der Waals surface area (Å²) in [6.07, 6.45) is 0. The molecule has 0 saturated carbocycles. The number of hydrogen-bond acceptors (Lipinski definition) is 5. The van der Waals surface area contributed by atoms with E-state index in [1.807, 2.05) is 12.1 Å². The Morgan fingerprint density at radius 3 is 1.94 bits per heavy atom. The SMILES string of the molecule is COc1cccc([C@H](c2cc(C(C)(C)C)c(O)c(C(C)(C)C)c2)N2CCOCC2)c1OC. The van der Waals surface area contributed by atoms with Gasteiger partial charge in [-0.15, -0.1) is 0 Å². The van der Waals surface area contributed by atoms with Crippen LogP contribution in [0.15, 0.2) is 30.3 Å². The van der Waals surface area contributed by atoms with Gasteiger partial charge in [-0.3, -0.25) is 4.90 Å². The van der Waals surface area contributed by atoms with E-state index >= 15 is 0 Å². The van der Waals surface area contributed by atoms with E-state index in [0.29, 0.717) is 24.7 Å². The first-order valence-corrected chi connectivity index (χ1v) is 11.4. The molecule has 0 unspecified atom stereocenters. The third-order valence-corrected chi connectivity index (χ3v) is 6.20. The molecule has 32 heavy (non-hydrogen) atoms. The zero-order valence-corrected chi connectivity index (χ0v) is 20.9. The van der Waals surface area contributed by atoms with Gasteiger partial charge in [-0.2, -0.15) is 0 Å². The van der Waals surface area contributed by atoms with E-state index in [4.69, 9.17) is 14.2 Å². The molecule has 176 valence electrons. The van der Waals surface area contributed by atoms with Gasteiger partial charge in [0.2, 0.25) is 0 Å². The van der Waals surface area contributed by atoms with Crippen molar-refractivity contribution in [2.45, 2.75) is 58.4 Å². The van der Waals surface area contributed by atoms with Crippen molar-refractivity contribution >= 4 is 0 Å². The first-order chi connectivity index (χ1) is 15.0. The fourth-order valence-electron chi connectivity index (χ4n) is 4.51. The number of benzene rings is 2. The summed E-state index contributed by atoms with van der Waals surface area (Å²) in [4.78, 5) is 2.44. The molecule has 2 aromatic rings. The van der Waals surface area contributed by atoms with Crippen molar-refractivity contribution < 1.29 is 19.3 Å². The highest BCUT2D eigenvalue weighted by atomic mass is 16.5. The third-order valence-electron chi connectivity index (χ3n) is 6.20. The molecule has 0 bridgehead atoms. The molecule has 2 aromatic carbocycles. The van der Waals surface area contributed by atoms with Gasteiger partial charge in [0, 0.05) is 18.7 Å². The van der Waals surface area contributed by atoms with Gasteiger partial charge in [0.15, 0.2) is 11.5 Å². The van der Waals surface area contributed by atoms with Crippen molar-refractivity contribution in [1.29, 1.82) is 0 Å². The molecule has 1 atom stereocenters. The van der Waals surface area contributed by atoms with Gasteiger partial charge in [-0.05, 0) is 45.7 Å². The summed E-state index contributed by atoms with van der Waals surface area (Å²) in [6.45, 7) is 15.9. The molecule has 0 aliphatic carbocycles. The predicted octanol–water partition coefficient (Wildman–Crippen LogP) is 5.43. The molecule has 5 heteroatoms. The maximum atomic E-state index is 11.3. The molecule has 5 nitrogen and oxygen atoms in total. The topological polar surface area (TPSA) is 51.2 Å². The number of phenolic OH excluding ortho intramolecular Hbond substituents is 1. The molecule has 1 heterocycles. The Labute approximate surface area is 193 Å².